The minimum absolute atomic E-state index is 0.0149. The summed E-state index contributed by atoms with van der Waals surface area (Å²) in [5, 5.41) is 0. The van der Waals surface area contributed by atoms with E-state index in [1.165, 1.54) is 31.4 Å². The Bertz CT molecular complexity index is 650. The van der Waals surface area contributed by atoms with Gasteiger partial charge in [-0.25, -0.2) is 14.0 Å². The molecule has 0 spiro atoms. The summed E-state index contributed by atoms with van der Waals surface area (Å²) in [6.45, 7) is 0.0149. The van der Waals surface area contributed by atoms with Crippen LogP contribution in [0.5, 0.6) is 0 Å². The third-order valence-electron chi connectivity index (χ3n) is 2.80. The van der Waals surface area contributed by atoms with Crippen LogP contribution in [0.15, 0.2) is 48.5 Å². The van der Waals surface area contributed by atoms with Gasteiger partial charge < -0.3 is 9.47 Å². The maximum atomic E-state index is 12.8. The van der Waals surface area contributed by atoms with Crippen LogP contribution in [0.25, 0.3) is 0 Å². The number of hydrogen-bond donors (Lipinski definition) is 0. The van der Waals surface area contributed by atoms with Gasteiger partial charge in [-0.1, -0.05) is 12.1 Å². The van der Waals surface area contributed by atoms with Crippen molar-refractivity contribution in [3.05, 3.63) is 71.0 Å². The third kappa shape index (κ3) is 3.89. The molecule has 0 bridgehead atoms. The van der Waals surface area contributed by atoms with Crippen molar-refractivity contribution in [1.82, 2.24) is 0 Å². The van der Waals surface area contributed by atoms with Crippen LogP contribution >= 0.6 is 0 Å². The minimum Gasteiger partial charge on any atom is -0.465 e. The largest absolute Gasteiger partial charge is 0.465 e. The molecular formula is C16H13FO4. The maximum absolute atomic E-state index is 12.8. The molecule has 0 unspecified atom stereocenters. The summed E-state index contributed by atoms with van der Waals surface area (Å²) in [6, 6.07) is 11.7. The lowest BCUT2D eigenvalue weighted by molar-refractivity contribution is 0.0472. The third-order valence-corrected chi connectivity index (χ3v) is 2.80. The second kappa shape index (κ2) is 6.65. The molecule has 0 fully saturated rings. The van der Waals surface area contributed by atoms with Gasteiger partial charge in [0.15, 0.2) is 0 Å². The number of methoxy groups -OCH3 is 1. The molecular weight excluding hydrogens is 275 g/mol. The van der Waals surface area contributed by atoms with Crippen molar-refractivity contribution < 1.29 is 23.5 Å². The van der Waals surface area contributed by atoms with Gasteiger partial charge >= 0.3 is 11.9 Å². The summed E-state index contributed by atoms with van der Waals surface area (Å²) in [6.07, 6.45) is 0. The van der Waals surface area contributed by atoms with Gasteiger partial charge in [0.2, 0.25) is 0 Å². The maximum Gasteiger partial charge on any atom is 0.338 e. The van der Waals surface area contributed by atoms with E-state index in [9.17, 15) is 14.0 Å². The Balaban J connectivity index is 2.01. The molecule has 0 aliphatic rings. The van der Waals surface area contributed by atoms with Crippen molar-refractivity contribution in [2.75, 3.05) is 7.11 Å². The molecule has 5 heteroatoms. The first-order chi connectivity index (χ1) is 10.1. The molecule has 0 saturated carbocycles. The Labute approximate surface area is 121 Å². The monoisotopic (exact) mass is 288 g/mol. The van der Waals surface area contributed by atoms with Gasteiger partial charge in [-0.2, -0.15) is 0 Å². The zero-order valence-corrected chi connectivity index (χ0v) is 11.3. The highest BCUT2D eigenvalue weighted by atomic mass is 19.1. The number of carbonyl (C=O) groups is 2. The fraction of sp³-hybridized carbons (Fsp3) is 0.125. The molecule has 21 heavy (non-hydrogen) atoms. The van der Waals surface area contributed by atoms with Crippen LogP contribution in [0.2, 0.25) is 0 Å². The van der Waals surface area contributed by atoms with Crippen LogP contribution in [0.3, 0.4) is 0 Å². The molecule has 0 aromatic heterocycles. The summed E-state index contributed by atoms with van der Waals surface area (Å²) in [4.78, 5) is 23.2. The van der Waals surface area contributed by atoms with Crippen LogP contribution in [-0.2, 0) is 16.1 Å². The molecule has 0 saturated heterocycles. The molecule has 0 amide bonds. The summed E-state index contributed by atoms with van der Waals surface area (Å²) < 4.78 is 22.5. The van der Waals surface area contributed by atoms with Crippen LogP contribution in [-0.4, -0.2) is 19.0 Å². The minimum atomic E-state index is -0.557. The average Bonchev–Trinajstić information content (AvgIpc) is 2.52. The van der Waals surface area contributed by atoms with Crippen LogP contribution in [0.1, 0.15) is 26.3 Å². The number of rotatable bonds is 4. The fourth-order valence-corrected chi connectivity index (χ4v) is 1.72. The number of carbonyl (C=O) groups excluding carboxylic acids is 2. The molecule has 0 aliphatic heterocycles. The number of hydrogen-bond acceptors (Lipinski definition) is 4. The highest BCUT2D eigenvalue weighted by molar-refractivity contribution is 5.90. The van der Waals surface area contributed by atoms with Gasteiger partial charge in [-0.15, -0.1) is 0 Å². The fourth-order valence-electron chi connectivity index (χ4n) is 1.72. The first-order valence-corrected chi connectivity index (χ1v) is 6.20. The number of benzene rings is 2. The smallest absolute Gasteiger partial charge is 0.338 e. The Morgan fingerprint density at radius 2 is 1.71 bits per heavy atom. The van der Waals surface area contributed by atoms with Crippen LogP contribution in [0, 0.1) is 5.82 Å². The Kier molecular flexibility index (Phi) is 4.66. The summed E-state index contributed by atoms with van der Waals surface area (Å²) in [5.74, 6) is -1.43. The van der Waals surface area contributed by atoms with E-state index in [1.54, 1.807) is 24.3 Å². The first-order valence-electron chi connectivity index (χ1n) is 6.20. The van der Waals surface area contributed by atoms with E-state index in [1.807, 2.05) is 0 Å². The average molecular weight is 288 g/mol. The normalized spacial score (nSPS) is 10.0. The van der Waals surface area contributed by atoms with Crippen molar-refractivity contribution in [2.45, 2.75) is 6.61 Å². The lowest BCUT2D eigenvalue weighted by atomic mass is 10.1. The Morgan fingerprint density at radius 1 is 1.00 bits per heavy atom. The molecule has 0 aliphatic carbocycles. The molecule has 0 atom stereocenters. The lowest BCUT2D eigenvalue weighted by Gasteiger charge is -2.06. The van der Waals surface area contributed by atoms with Gasteiger partial charge in [0.1, 0.15) is 12.4 Å². The predicted molar refractivity (Wildman–Crippen MR) is 73.3 cm³/mol. The molecule has 2 aromatic rings. The van der Waals surface area contributed by atoms with E-state index in [-0.39, 0.29) is 12.2 Å². The van der Waals surface area contributed by atoms with Gasteiger partial charge in [0.25, 0.3) is 0 Å². The Hall–Kier alpha value is -2.69. The molecule has 2 rings (SSSR count). The summed E-state index contributed by atoms with van der Waals surface area (Å²) in [7, 11) is 1.30. The quantitative estimate of drug-likeness (QED) is 0.812. The van der Waals surface area contributed by atoms with E-state index in [2.05, 4.69) is 4.74 Å². The highest BCUT2D eigenvalue weighted by Crippen LogP contribution is 2.10. The number of halogens is 1. The van der Waals surface area contributed by atoms with Crippen molar-refractivity contribution in [2.24, 2.45) is 0 Å². The molecule has 0 radical (unpaired) electrons. The zero-order valence-electron chi connectivity index (χ0n) is 11.3. The lowest BCUT2D eigenvalue weighted by Crippen LogP contribution is -2.06. The SMILES string of the molecule is COC(=O)c1cccc(COC(=O)c2ccc(F)cc2)c1. The first kappa shape index (κ1) is 14.7. The standard InChI is InChI=1S/C16H13FO4/c1-20-15(18)13-4-2-3-11(9-13)10-21-16(19)12-5-7-14(17)8-6-12/h2-9H,10H2,1H3. The predicted octanol–water partition coefficient (Wildman–Crippen LogP) is 2.97. The van der Waals surface area contributed by atoms with Gasteiger partial charge in [-0.3, -0.25) is 0 Å². The van der Waals surface area contributed by atoms with Crippen LogP contribution < -0.4 is 0 Å². The molecule has 2 aromatic carbocycles. The van der Waals surface area contributed by atoms with Gasteiger partial charge in [0, 0.05) is 0 Å². The molecule has 4 nitrogen and oxygen atoms in total. The van der Waals surface area contributed by atoms with E-state index in [4.69, 9.17) is 4.74 Å². The van der Waals surface area contributed by atoms with Crippen LogP contribution in [0.4, 0.5) is 4.39 Å². The van der Waals surface area contributed by atoms with Crippen molar-refractivity contribution >= 4 is 11.9 Å². The topological polar surface area (TPSA) is 52.6 Å². The van der Waals surface area contributed by atoms with Crippen molar-refractivity contribution in [1.29, 1.82) is 0 Å². The summed E-state index contributed by atoms with van der Waals surface area (Å²) >= 11 is 0. The second-order valence-corrected chi connectivity index (χ2v) is 4.27. The van der Waals surface area contributed by atoms with E-state index >= 15 is 0 Å². The van der Waals surface area contributed by atoms with Gasteiger partial charge in [0.05, 0.1) is 18.2 Å². The zero-order chi connectivity index (χ0) is 15.2. The molecule has 0 heterocycles. The van der Waals surface area contributed by atoms with E-state index in [0.717, 1.165) is 0 Å². The summed E-state index contributed by atoms with van der Waals surface area (Å²) in [5.41, 5.74) is 1.31. The Morgan fingerprint density at radius 3 is 2.38 bits per heavy atom. The van der Waals surface area contributed by atoms with Crippen molar-refractivity contribution in [3.8, 4) is 0 Å². The highest BCUT2D eigenvalue weighted by Gasteiger charge is 2.09. The second-order valence-electron chi connectivity index (χ2n) is 4.27. The van der Waals surface area contributed by atoms with E-state index in [0.29, 0.717) is 11.1 Å². The molecule has 108 valence electrons. The number of ether oxygens (including phenoxy) is 2. The van der Waals surface area contributed by atoms with E-state index < -0.39 is 17.8 Å². The molecule has 0 N–H and O–H groups in total. The van der Waals surface area contributed by atoms with Gasteiger partial charge in [-0.05, 0) is 42.0 Å². The number of esters is 2. The van der Waals surface area contributed by atoms with Crippen molar-refractivity contribution in [3.63, 3.8) is 0 Å².